The second-order valence-corrected chi connectivity index (χ2v) is 11.1. The summed E-state index contributed by atoms with van der Waals surface area (Å²) in [5.74, 6) is 0.967. The SMILES string of the molecule is Cc1ccc(S(=O)(=O)N(CCCN(C)C(=O)CCc2ccc(C3=NCCN3)cc2)c2ccccc2)cc1. The number of carbonyl (C=O) groups excluding carboxylic acids is 1. The van der Waals surface area contributed by atoms with E-state index in [1.54, 1.807) is 48.3 Å². The highest BCUT2D eigenvalue weighted by atomic mass is 32.2. The van der Waals surface area contributed by atoms with Crippen LogP contribution in [0.1, 0.15) is 29.5 Å². The van der Waals surface area contributed by atoms with E-state index < -0.39 is 10.0 Å². The molecule has 7 nitrogen and oxygen atoms in total. The molecule has 0 unspecified atom stereocenters. The number of anilines is 1. The molecule has 0 spiro atoms. The van der Waals surface area contributed by atoms with Crippen molar-refractivity contribution in [3.8, 4) is 0 Å². The number of aliphatic imine (C=N–C) groups is 1. The highest BCUT2D eigenvalue weighted by Crippen LogP contribution is 2.24. The lowest BCUT2D eigenvalue weighted by Crippen LogP contribution is -2.35. The Balaban J connectivity index is 1.33. The van der Waals surface area contributed by atoms with Gasteiger partial charge in [-0.3, -0.25) is 14.1 Å². The standard InChI is InChI=1S/C29H34N4O3S/c1-23-9-16-27(17-10-23)37(35,36)33(26-7-4-3-5-8-26)22-6-21-32(2)28(34)18-13-24-11-14-25(15-12-24)29-30-19-20-31-29/h3-5,7-12,14-17H,6,13,18-22H2,1-2H3,(H,30,31). The molecule has 0 atom stereocenters. The maximum absolute atomic E-state index is 13.5. The van der Waals surface area contributed by atoms with Crippen molar-refractivity contribution in [3.05, 3.63) is 95.6 Å². The van der Waals surface area contributed by atoms with Crippen LogP contribution in [0.5, 0.6) is 0 Å². The summed E-state index contributed by atoms with van der Waals surface area (Å²) >= 11 is 0. The molecule has 1 amide bonds. The third-order valence-electron chi connectivity index (χ3n) is 6.46. The molecule has 3 aromatic rings. The monoisotopic (exact) mass is 518 g/mol. The van der Waals surface area contributed by atoms with Gasteiger partial charge in [0, 0.05) is 38.7 Å². The Labute approximate surface area is 219 Å². The molecule has 0 aromatic heterocycles. The number of amides is 1. The van der Waals surface area contributed by atoms with E-state index in [1.807, 2.05) is 49.4 Å². The molecule has 4 rings (SSSR count). The van der Waals surface area contributed by atoms with Crippen LogP contribution in [0.3, 0.4) is 0 Å². The van der Waals surface area contributed by atoms with Crippen molar-refractivity contribution in [3.63, 3.8) is 0 Å². The maximum Gasteiger partial charge on any atom is 0.264 e. The van der Waals surface area contributed by atoms with Crippen LogP contribution in [-0.4, -0.2) is 58.3 Å². The van der Waals surface area contributed by atoms with Gasteiger partial charge in [0.05, 0.1) is 17.1 Å². The number of rotatable bonds is 11. The molecule has 1 N–H and O–H groups in total. The van der Waals surface area contributed by atoms with Crippen LogP contribution in [-0.2, 0) is 21.2 Å². The molecular weight excluding hydrogens is 484 g/mol. The van der Waals surface area contributed by atoms with Gasteiger partial charge in [0.15, 0.2) is 0 Å². The molecule has 194 valence electrons. The van der Waals surface area contributed by atoms with Gasteiger partial charge in [0.1, 0.15) is 5.84 Å². The van der Waals surface area contributed by atoms with Crippen LogP contribution >= 0.6 is 0 Å². The van der Waals surface area contributed by atoms with Crippen LogP contribution in [0, 0.1) is 6.92 Å². The van der Waals surface area contributed by atoms with Gasteiger partial charge in [-0.05, 0) is 49.6 Å². The molecule has 0 radical (unpaired) electrons. The predicted molar refractivity (Wildman–Crippen MR) is 149 cm³/mol. The van der Waals surface area contributed by atoms with Gasteiger partial charge in [-0.25, -0.2) is 8.42 Å². The summed E-state index contributed by atoms with van der Waals surface area (Å²) in [6.45, 7) is 4.35. The van der Waals surface area contributed by atoms with E-state index in [4.69, 9.17) is 0 Å². The minimum atomic E-state index is -3.73. The molecule has 0 bridgehead atoms. The highest BCUT2D eigenvalue weighted by molar-refractivity contribution is 7.92. The number of para-hydroxylation sites is 1. The quantitative estimate of drug-likeness (QED) is 0.416. The molecule has 0 aliphatic carbocycles. The molecule has 0 saturated carbocycles. The fourth-order valence-corrected chi connectivity index (χ4v) is 5.76. The van der Waals surface area contributed by atoms with E-state index in [0.29, 0.717) is 31.5 Å². The fraction of sp³-hybridized carbons (Fsp3) is 0.310. The number of carbonyl (C=O) groups is 1. The summed E-state index contributed by atoms with van der Waals surface area (Å²) in [6, 6.07) is 24.1. The molecule has 1 aliphatic rings. The number of hydrogen-bond donors (Lipinski definition) is 1. The third-order valence-corrected chi connectivity index (χ3v) is 8.30. The van der Waals surface area contributed by atoms with E-state index in [1.165, 1.54) is 4.31 Å². The minimum absolute atomic E-state index is 0.0403. The first-order valence-corrected chi connectivity index (χ1v) is 14.0. The van der Waals surface area contributed by atoms with Crippen molar-refractivity contribution >= 4 is 27.5 Å². The van der Waals surface area contributed by atoms with Crippen molar-refractivity contribution in [2.24, 2.45) is 4.99 Å². The summed E-state index contributed by atoms with van der Waals surface area (Å²) in [7, 11) is -1.95. The van der Waals surface area contributed by atoms with Gasteiger partial charge < -0.3 is 10.2 Å². The Morgan fingerprint density at radius 2 is 1.65 bits per heavy atom. The topological polar surface area (TPSA) is 82.1 Å². The average molecular weight is 519 g/mol. The van der Waals surface area contributed by atoms with Gasteiger partial charge in [-0.2, -0.15) is 0 Å². The van der Waals surface area contributed by atoms with E-state index >= 15 is 0 Å². The van der Waals surface area contributed by atoms with Crippen LogP contribution in [0.2, 0.25) is 0 Å². The first-order valence-electron chi connectivity index (χ1n) is 12.6. The van der Waals surface area contributed by atoms with E-state index in [0.717, 1.165) is 35.6 Å². The highest BCUT2D eigenvalue weighted by Gasteiger charge is 2.25. The van der Waals surface area contributed by atoms with Crippen molar-refractivity contribution in [1.29, 1.82) is 0 Å². The van der Waals surface area contributed by atoms with Gasteiger partial charge >= 0.3 is 0 Å². The number of nitrogens with one attached hydrogen (secondary N) is 1. The number of benzene rings is 3. The lowest BCUT2D eigenvalue weighted by atomic mass is 10.1. The number of aryl methyl sites for hydroxylation is 2. The summed E-state index contributed by atoms with van der Waals surface area (Å²) in [5, 5.41) is 3.26. The molecule has 3 aromatic carbocycles. The van der Waals surface area contributed by atoms with Gasteiger partial charge in [0.25, 0.3) is 10.0 Å². The largest absolute Gasteiger partial charge is 0.368 e. The molecule has 0 fully saturated rings. The van der Waals surface area contributed by atoms with Crippen LogP contribution in [0.4, 0.5) is 5.69 Å². The Hall–Kier alpha value is -3.65. The van der Waals surface area contributed by atoms with Crippen molar-refractivity contribution in [2.45, 2.75) is 31.1 Å². The Morgan fingerprint density at radius 1 is 0.946 bits per heavy atom. The van der Waals surface area contributed by atoms with Crippen LogP contribution in [0.15, 0.2) is 88.8 Å². The van der Waals surface area contributed by atoms with E-state index in [2.05, 4.69) is 10.3 Å². The Bertz CT molecular complexity index is 1320. The lowest BCUT2D eigenvalue weighted by Gasteiger charge is -2.26. The van der Waals surface area contributed by atoms with Gasteiger partial charge in [0.2, 0.25) is 5.91 Å². The summed E-state index contributed by atoms with van der Waals surface area (Å²) in [6.07, 6.45) is 1.58. The molecular formula is C29H34N4O3S. The van der Waals surface area contributed by atoms with E-state index in [-0.39, 0.29) is 17.3 Å². The second-order valence-electron chi connectivity index (χ2n) is 9.25. The molecule has 0 saturated heterocycles. The van der Waals surface area contributed by atoms with Gasteiger partial charge in [-0.1, -0.05) is 60.2 Å². The zero-order chi connectivity index (χ0) is 26.3. The van der Waals surface area contributed by atoms with E-state index in [9.17, 15) is 13.2 Å². The van der Waals surface area contributed by atoms with Crippen molar-refractivity contribution in [1.82, 2.24) is 10.2 Å². The lowest BCUT2D eigenvalue weighted by molar-refractivity contribution is -0.129. The van der Waals surface area contributed by atoms with Crippen molar-refractivity contribution < 1.29 is 13.2 Å². The third kappa shape index (κ3) is 6.77. The van der Waals surface area contributed by atoms with Crippen LogP contribution in [0.25, 0.3) is 0 Å². The Morgan fingerprint density at radius 3 is 2.30 bits per heavy atom. The number of nitrogens with zero attached hydrogens (tertiary/aromatic N) is 3. The molecule has 37 heavy (non-hydrogen) atoms. The van der Waals surface area contributed by atoms with Gasteiger partial charge in [-0.15, -0.1) is 0 Å². The summed E-state index contributed by atoms with van der Waals surface area (Å²) < 4.78 is 28.3. The second kappa shape index (κ2) is 12.1. The zero-order valence-electron chi connectivity index (χ0n) is 21.4. The van der Waals surface area contributed by atoms with Crippen molar-refractivity contribution in [2.75, 3.05) is 37.5 Å². The van der Waals surface area contributed by atoms with Crippen LogP contribution < -0.4 is 9.62 Å². The zero-order valence-corrected chi connectivity index (χ0v) is 22.2. The summed E-state index contributed by atoms with van der Waals surface area (Å²) in [5.41, 5.74) is 3.78. The number of hydrogen-bond acceptors (Lipinski definition) is 5. The minimum Gasteiger partial charge on any atom is -0.368 e. The molecule has 1 heterocycles. The normalized spacial score (nSPS) is 13.1. The predicted octanol–water partition coefficient (Wildman–Crippen LogP) is 4.02. The first kappa shape index (κ1) is 26.4. The Kier molecular flexibility index (Phi) is 8.61. The fourth-order valence-electron chi connectivity index (χ4n) is 4.26. The smallest absolute Gasteiger partial charge is 0.264 e. The summed E-state index contributed by atoms with van der Waals surface area (Å²) in [4.78, 5) is 19.1. The number of amidine groups is 1. The first-order chi connectivity index (χ1) is 17.8. The number of sulfonamides is 1. The maximum atomic E-state index is 13.5. The molecule has 1 aliphatic heterocycles. The molecule has 8 heteroatoms. The average Bonchev–Trinajstić information content (AvgIpc) is 3.46.